The SMILES string of the molecule is CNC(=O)C1CCCN(Cc2nc(CCl)cs2)C1. The summed E-state index contributed by atoms with van der Waals surface area (Å²) in [6.07, 6.45) is 2.06. The highest BCUT2D eigenvalue weighted by atomic mass is 35.5. The van der Waals surface area contributed by atoms with E-state index >= 15 is 0 Å². The average Bonchev–Trinajstić information content (AvgIpc) is 2.86. The first-order valence-corrected chi connectivity index (χ1v) is 7.57. The number of alkyl halides is 1. The largest absolute Gasteiger partial charge is 0.359 e. The Morgan fingerprint density at radius 1 is 1.72 bits per heavy atom. The Morgan fingerprint density at radius 3 is 3.22 bits per heavy atom. The third-order valence-corrected chi connectivity index (χ3v) is 4.37. The molecule has 2 rings (SSSR count). The van der Waals surface area contributed by atoms with Gasteiger partial charge < -0.3 is 5.32 Å². The third-order valence-electron chi connectivity index (χ3n) is 3.22. The molecule has 1 aromatic rings. The van der Waals surface area contributed by atoms with Crippen molar-refractivity contribution in [1.29, 1.82) is 0 Å². The van der Waals surface area contributed by atoms with Crippen LogP contribution in [0.5, 0.6) is 0 Å². The van der Waals surface area contributed by atoms with E-state index in [0.29, 0.717) is 5.88 Å². The van der Waals surface area contributed by atoms with E-state index in [1.165, 1.54) is 0 Å². The molecule has 1 unspecified atom stereocenters. The van der Waals surface area contributed by atoms with Crippen molar-refractivity contribution in [3.8, 4) is 0 Å². The summed E-state index contributed by atoms with van der Waals surface area (Å²) < 4.78 is 0. The molecule has 0 spiro atoms. The van der Waals surface area contributed by atoms with Gasteiger partial charge >= 0.3 is 0 Å². The summed E-state index contributed by atoms with van der Waals surface area (Å²) in [7, 11) is 1.70. The molecule has 0 aromatic carbocycles. The van der Waals surface area contributed by atoms with Crippen molar-refractivity contribution >= 4 is 28.8 Å². The van der Waals surface area contributed by atoms with Gasteiger partial charge in [0.15, 0.2) is 0 Å². The number of hydrogen-bond acceptors (Lipinski definition) is 4. The van der Waals surface area contributed by atoms with Crippen LogP contribution in [0.4, 0.5) is 0 Å². The summed E-state index contributed by atoms with van der Waals surface area (Å²) in [6.45, 7) is 2.70. The maximum Gasteiger partial charge on any atom is 0.224 e. The van der Waals surface area contributed by atoms with Crippen LogP contribution in [0.2, 0.25) is 0 Å². The highest BCUT2D eigenvalue weighted by molar-refractivity contribution is 7.09. The van der Waals surface area contributed by atoms with Gasteiger partial charge in [0.1, 0.15) is 5.01 Å². The normalized spacial score (nSPS) is 20.9. The Bertz CT molecular complexity index is 410. The van der Waals surface area contributed by atoms with Gasteiger partial charge in [-0.25, -0.2) is 4.98 Å². The number of thiazole rings is 1. The molecule has 0 radical (unpaired) electrons. The zero-order valence-corrected chi connectivity index (χ0v) is 12.1. The fourth-order valence-electron chi connectivity index (χ4n) is 2.29. The Hall–Kier alpha value is -0.650. The van der Waals surface area contributed by atoms with Crippen LogP contribution in [0.1, 0.15) is 23.5 Å². The highest BCUT2D eigenvalue weighted by Crippen LogP contribution is 2.20. The van der Waals surface area contributed by atoms with Gasteiger partial charge in [0.2, 0.25) is 5.91 Å². The van der Waals surface area contributed by atoms with Crippen LogP contribution in [-0.4, -0.2) is 35.9 Å². The lowest BCUT2D eigenvalue weighted by atomic mass is 9.97. The van der Waals surface area contributed by atoms with E-state index in [4.69, 9.17) is 11.6 Å². The molecule has 18 heavy (non-hydrogen) atoms. The summed E-state index contributed by atoms with van der Waals surface area (Å²) in [6, 6.07) is 0. The summed E-state index contributed by atoms with van der Waals surface area (Å²) in [5, 5.41) is 5.83. The fraction of sp³-hybridized carbons (Fsp3) is 0.667. The molecule has 1 atom stereocenters. The first-order chi connectivity index (χ1) is 8.72. The average molecular weight is 288 g/mol. The molecule has 0 bridgehead atoms. The van der Waals surface area contributed by atoms with Crippen LogP contribution >= 0.6 is 22.9 Å². The van der Waals surface area contributed by atoms with Gasteiger partial charge in [0.05, 0.1) is 24.0 Å². The molecule has 1 aromatic heterocycles. The Kier molecular flexibility index (Phi) is 4.97. The summed E-state index contributed by atoms with van der Waals surface area (Å²) in [5.41, 5.74) is 0.941. The van der Waals surface area contributed by atoms with Crippen molar-refractivity contribution in [2.45, 2.75) is 25.3 Å². The predicted molar refractivity (Wildman–Crippen MR) is 73.7 cm³/mol. The van der Waals surface area contributed by atoms with Crippen molar-refractivity contribution in [1.82, 2.24) is 15.2 Å². The maximum atomic E-state index is 11.6. The lowest BCUT2D eigenvalue weighted by molar-refractivity contribution is -0.126. The fourth-order valence-corrected chi connectivity index (χ4v) is 3.36. The van der Waals surface area contributed by atoms with Gasteiger partial charge in [-0.05, 0) is 19.4 Å². The number of aromatic nitrogens is 1. The van der Waals surface area contributed by atoms with Crippen LogP contribution < -0.4 is 5.32 Å². The third kappa shape index (κ3) is 3.43. The number of hydrogen-bond donors (Lipinski definition) is 1. The highest BCUT2D eigenvalue weighted by Gasteiger charge is 2.25. The zero-order valence-electron chi connectivity index (χ0n) is 10.5. The summed E-state index contributed by atoms with van der Waals surface area (Å²) in [5.74, 6) is 0.744. The second kappa shape index (κ2) is 6.50. The van der Waals surface area contributed by atoms with E-state index in [1.54, 1.807) is 18.4 Å². The van der Waals surface area contributed by atoms with E-state index < -0.39 is 0 Å². The standard InChI is InChI=1S/C12H18ClN3OS/c1-14-12(17)9-3-2-4-16(6-9)7-11-15-10(5-13)8-18-11/h8-9H,2-7H2,1H3,(H,14,17). The van der Waals surface area contributed by atoms with E-state index in [0.717, 1.165) is 43.2 Å². The molecule has 100 valence electrons. The number of halogens is 1. The second-order valence-corrected chi connectivity index (χ2v) is 5.76. The molecular formula is C12H18ClN3OS. The van der Waals surface area contributed by atoms with E-state index in [-0.39, 0.29) is 11.8 Å². The molecule has 6 heteroatoms. The molecule has 1 N–H and O–H groups in total. The molecule has 1 aliphatic heterocycles. The van der Waals surface area contributed by atoms with E-state index in [1.807, 2.05) is 5.38 Å². The van der Waals surface area contributed by atoms with E-state index in [9.17, 15) is 4.79 Å². The van der Waals surface area contributed by atoms with Crippen LogP contribution in [0, 0.1) is 5.92 Å². The number of carbonyl (C=O) groups excluding carboxylic acids is 1. The summed E-state index contributed by atoms with van der Waals surface area (Å²) in [4.78, 5) is 18.4. The van der Waals surface area contributed by atoms with Crippen molar-refractivity contribution in [2.24, 2.45) is 5.92 Å². The van der Waals surface area contributed by atoms with E-state index in [2.05, 4.69) is 15.2 Å². The molecule has 2 heterocycles. The molecule has 1 fully saturated rings. The molecular weight excluding hydrogens is 270 g/mol. The minimum atomic E-state index is 0.121. The smallest absolute Gasteiger partial charge is 0.224 e. The zero-order chi connectivity index (χ0) is 13.0. The monoisotopic (exact) mass is 287 g/mol. The van der Waals surface area contributed by atoms with Gasteiger partial charge in [-0.1, -0.05) is 0 Å². The number of piperidine rings is 1. The van der Waals surface area contributed by atoms with Gasteiger partial charge in [-0.3, -0.25) is 9.69 Å². The number of nitrogens with zero attached hydrogens (tertiary/aromatic N) is 2. The number of carbonyl (C=O) groups is 1. The molecule has 0 aliphatic carbocycles. The second-order valence-electron chi connectivity index (χ2n) is 4.55. The first-order valence-electron chi connectivity index (χ1n) is 6.16. The number of amides is 1. The molecule has 1 amide bonds. The van der Waals surface area contributed by atoms with Gasteiger partial charge in [-0.2, -0.15) is 0 Å². The van der Waals surface area contributed by atoms with Crippen molar-refractivity contribution in [3.63, 3.8) is 0 Å². The van der Waals surface area contributed by atoms with Crippen LogP contribution in [0.25, 0.3) is 0 Å². The Balaban J connectivity index is 1.91. The number of likely N-dealkylation sites (tertiary alicyclic amines) is 1. The molecule has 1 saturated heterocycles. The lowest BCUT2D eigenvalue weighted by Crippen LogP contribution is -2.41. The molecule has 1 aliphatic rings. The van der Waals surface area contributed by atoms with Crippen LogP contribution in [0.15, 0.2) is 5.38 Å². The topological polar surface area (TPSA) is 45.2 Å². The summed E-state index contributed by atoms with van der Waals surface area (Å²) >= 11 is 7.39. The number of nitrogens with one attached hydrogen (secondary N) is 1. The lowest BCUT2D eigenvalue weighted by Gasteiger charge is -2.31. The van der Waals surface area contributed by atoms with Gasteiger partial charge in [-0.15, -0.1) is 22.9 Å². The Morgan fingerprint density at radius 2 is 2.56 bits per heavy atom. The number of rotatable bonds is 4. The molecule has 0 saturated carbocycles. The van der Waals surface area contributed by atoms with Gasteiger partial charge in [0, 0.05) is 19.0 Å². The predicted octanol–water partition coefficient (Wildman–Crippen LogP) is 1.84. The Labute approximate surface area is 116 Å². The quantitative estimate of drug-likeness (QED) is 0.860. The van der Waals surface area contributed by atoms with Crippen molar-refractivity contribution < 1.29 is 4.79 Å². The van der Waals surface area contributed by atoms with Gasteiger partial charge in [0.25, 0.3) is 0 Å². The maximum absolute atomic E-state index is 11.6. The van der Waals surface area contributed by atoms with Crippen LogP contribution in [-0.2, 0) is 17.2 Å². The minimum absolute atomic E-state index is 0.121. The minimum Gasteiger partial charge on any atom is -0.359 e. The first kappa shape index (κ1) is 13.8. The van der Waals surface area contributed by atoms with Crippen molar-refractivity contribution in [3.05, 3.63) is 16.1 Å². The molecule has 4 nitrogen and oxygen atoms in total. The van der Waals surface area contributed by atoms with Crippen LogP contribution in [0.3, 0.4) is 0 Å². The van der Waals surface area contributed by atoms with Crippen molar-refractivity contribution in [2.75, 3.05) is 20.1 Å².